The van der Waals surface area contributed by atoms with Crippen LogP contribution in [0.4, 0.5) is 5.69 Å². The SMILES string of the molecule is Nc1cccc(C(O)Cc2ccccc2Cl)c1. The number of nitrogen functional groups attached to an aromatic ring is 1. The van der Waals surface area contributed by atoms with Crippen LogP contribution in [0.3, 0.4) is 0 Å². The number of benzene rings is 2. The number of hydrogen-bond donors (Lipinski definition) is 2. The molecule has 3 heteroatoms. The Morgan fingerprint density at radius 3 is 2.59 bits per heavy atom. The van der Waals surface area contributed by atoms with Gasteiger partial charge in [-0.15, -0.1) is 0 Å². The van der Waals surface area contributed by atoms with Gasteiger partial charge in [0.1, 0.15) is 0 Å². The lowest BCUT2D eigenvalue weighted by molar-refractivity contribution is 0.178. The van der Waals surface area contributed by atoms with E-state index in [-0.39, 0.29) is 0 Å². The number of rotatable bonds is 3. The molecule has 1 atom stereocenters. The Hall–Kier alpha value is -1.51. The van der Waals surface area contributed by atoms with Crippen LogP contribution in [-0.4, -0.2) is 5.11 Å². The summed E-state index contributed by atoms with van der Waals surface area (Å²) in [6, 6.07) is 14.8. The van der Waals surface area contributed by atoms with Crippen LogP contribution in [0.25, 0.3) is 0 Å². The second-order valence-corrected chi connectivity index (χ2v) is 4.39. The van der Waals surface area contributed by atoms with Crippen molar-refractivity contribution in [3.05, 3.63) is 64.7 Å². The molecular formula is C14H14ClNO. The van der Waals surface area contributed by atoms with Crippen LogP contribution < -0.4 is 5.73 Å². The molecule has 2 aromatic rings. The zero-order chi connectivity index (χ0) is 12.3. The van der Waals surface area contributed by atoms with Gasteiger partial charge in [0, 0.05) is 17.1 Å². The van der Waals surface area contributed by atoms with Crippen molar-refractivity contribution in [1.29, 1.82) is 0 Å². The smallest absolute Gasteiger partial charge is 0.0831 e. The summed E-state index contributed by atoms with van der Waals surface area (Å²) < 4.78 is 0. The summed E-state index contributed by atoms with van der Waals surface area (Å²) in [5, 5.41) is 10.8. The van der Waals surface area contributed by atoms with Crippen LogP contribution in [0.1, 0.15) is 17.2 Å². The van der Waals surface area contributed by atoms with Crippen LogP contribution in [0.5, 0.6) is 0 Å². The first-order valence-electron chi connectivity index (χ1n) is 5.44. The maximum absolute atomic E-state index is 10.1. The molecule has 0 aliphatic rings. The molecule has 0 saturated heterocycles. The zero-order valence-corrected chi connectivity index (χ0v) is 10.1. The van der Waals surface area contributed by atoms with E-state index in [9.17, 15) is 5.11 Å². The number of aliphatic hydroxyl groups excluding tert-OH is 1. The van der Waals surface area contributed by atoms with E-state index in [1.807, 2.05) is 36.4 Å². The molecule has 1 unspecified atom stereocenters. The molecule has 0 bridgehead atoms. The van der Waals surface area contributed by atoms with E-state index < -0.39 is 6.10 Å². The van der Waals surface area contributed by atoms with Gasteiger partial charge in [0.05, 0.1) is 6.10 Å². The van der Waals surface area contributed by atoms with E-state index in [1.54, 1.807) is 12.1 Å². The van der Waals surface area contributed by atoms with Gasteiger partial charge in [0.15, 0.2) is 0 Å². The Bertz CT molecular complexity index is 513. The molecule has 0 radical (unpaired) electrons. The van der Waals surface area contributed by atoms with Crippen molar-refractivity contribution >= 4 is 17.3 Å². The molecule has 3 N–H and O–H groups in total. The van der Waals surface area contributed by atoms with Crippen molar-refractivity contribution < 1.29 is 5.11 Å². The Morgan fingerprint density at radius 2 is 1.88 bits per heavy atom. The third-order valence-electron chi connectivity index (χ3n) is 2.67. The van der Waals surface area contributed by atoms with Gasteiger partial charge in [0.2, 0.25) is 0 Å². The summed E-state index contributed by atoms with van der Waals surface area (Å²) in [4.78, 5) is 0. The van der Waals surface area contributed by atoms with Crippen LogP contribution in [0.2, 0.25) is 5.02 Å². The van der Waals surface area contributed by atoms with Crippen molar-refractivity contribution in [3.63, 3.8) is 0 Å². The topological polar surface area (TPSA) is 46.2 Å². The van der Waals surface area contributed by atoms with Gasteiger partial charge in [-0.05, 0) is 29.3 Å². The van der Waals surface area contributed by atoms with Crippen molar-refractivity contribution in [2.75, 3.05) is 5.73 Å². The molecule has 0 aliphatic heterocycles. The summed E-state index contributed by atoms with van der Waals surface area (Å²) in [5.41, 5.74) is 8.08. The molecule has 0 aromatic heterocycles. The Balaban J connectivity index is 2.17. The summed E-state index contributed by atoms with van der Waals surface area (Å²) in [6.07, 6.45) is -0.0956. The van der Waals surface area contributed by atoms with E-state index >= 15 is 0 Å². The van der Waals surface area contributed by atoms with Gasteiger partial charge >= 0.3 is 0 Å². The predicted octanol–water partition coefficient (Wildman–Crippen LogP) is 3.20. The minimum Gasteiger partial charge on any atom is -0.399 e. The van der Waals surface area contributed by atoms with Crippen molar-refractivity contribution in [3.8, 4) is 0 Å². The van der Waals surface area contributed by atoms with E-state index in [4.69, 9.17) is 17.3 Å². The molecule has 2 rings (SSSR count). The van der Waals surface area contributed by atoms with Crippen molar-refractivity contribution in [2.24, 2.45) is 0 Å². The molecule has 88 valence electrons. The highest BCUT2D eigenvalue weighted by Crippen LogP contribution is 2.24. The highest BCUT2D eigenvalue weighted by Gasteiger charge is 2.10. The Morgan fingerprint density at radius 1 is 1.12 bits per heavy atom. The molecule has 0 spiro atoms. The molecule has 0 aliphatic carbocycles. The van der Waals surface area contributed by atoms with E-state index in [0.29, 0.717) is 17.1 Å². The molecule has 0 fully saturated rings. The Labute approximate surface area is 106 Å². The summed E-state index contributed by atoms with van der Waals surface area (Å²) in [6.45, 7) is 0. The first-order chi connectivity index (χ1) is 8.16. The van der Waals surface area contributed by atoms with Crippen LogP contribution in [0.15, 0.2) is 48.5 Å². The van der Waals surface area contributed by atoms with Crippen LogP contribution >= 0.6 is 11.6 Å². The molecule has 0 saturated carbocycles. The fourth-order valence-corrected chi connectivity index (χ4v) is 1.97. The standard InChI is InChI=1S/C14H14ClNO/c15-13-7-2-1-4-10(13)9-14(17)11-5-3-6-12(16)8-11/h1-8,14,17H,9,16H2. The number of hydrogen-bond acceptors (Lipinski definition) is 2. The summed E-state index contributed by atoms with van der Waals surface area (Å²) >= 11 is 6.05. The lowest BCUT2D eigenvalue weighted by atomic mass is 10.0. The van der Waals surface area contributed by atoms with Crippen LogP contribution in [-0.2, 0) is 6.42 Å². The highest BCUT2D eigenvalue weighted by atomic mass is 35.5. The molecule has 2 aromatic carbocycles. The number of anilines is 1. The molecule has 2 nitrogen and oxygen atoms in total. The average molecular weight is 248 g/mol. The quantitative estimate of drug-likeness (QED) is 0.819. The number of halogens is 1. The summed E-state index contributed by atoms with van der Waals surface area (Å²) in [7, 11) is 0. The van der Waals surface area contributed by atoms with Gasteiger partial charge in [-0.2, -0.15) is 0 Å². The van der Waals surface area contributed by atoms with Gasteiger partial charge in [-0.25, -0.2) is 0 Å². The predicted molar refractivity (Wildman–Crippen MR) is 71.0 cm³/mol. The molecule has 0 heterocycles. The molecule has 0 amide bonds. The second kappa shape index (κ2) is 5.21. The zero-order valence-electron chi connectivity index (χ0n) is 9.31. The maximum atomic E-state index is 10.1. The second-order valence-electron chi connectivity index (χ2n) is 3.98. The normalized spacial score (nSPS) is 12.4. The monoisotopic (exact) mass is 247 g/mol. The maximum Gasteiger partial charge on any atom is 0.0831 e. The fourth-order valence-electron chi connectivity index (χ4n) is 1.76. The lowest BCUT2D eigenvalue weighted by Crippen LogP contribution is -2.02. The van der Waals surface area contributed by atoms with Crippen LogP contribution in [0, 0.1) is 0 Å². The average Bonchev–Trinajstić information content (AvgIpc) is 2.32. The lowest BCUT2D eigenvalue weighted by Gasteiger charge is -2.12. The van der Waals surface area contributed by atoms with Gasteiger partial charge in [0.25, 0.3) is 0 Å². The first kappa shape index (κ1) is 12.0. The van der Waals surface area contributed by atoms with Crippen molar-refractivity contribution in [2.45, 2.75) is 12.5 Å². The van der Waals surface area contributed by atoms with Crippen molar-refractivity contribution in [1.82, 2.24) is 0 Å². The largest absolute Gasteiger partial charge is 0.399 e. The third-order valence-corrected chi connectivity index (χ3v) is 3.04. The Kier molecular flexibility index (Phi) is 3.67. The van der Waals surface area contributed by atoms with Gasteiger partial charge < -0.3 is 10.8 Å². The van der Waals surface area contributed by atoms with E-state index in [0.717, 1.165) is 11.1 Å². The van der Waals surface area contributed by atoms with Gasteiger partial charge in [-0.1, -0.05) is 41.9 Å². The van der Waals surface area contributed by atoms with Gasteiger partial charge in [-0.3, -0.25) is 0 Å². The molecule has 17 heavy (non-hydrogen) atoms. The van der Waals surface area contributed by atoms with E-state index in [2.05, 4.69) is 0 Å². The first-order valence-corrected chi connectivity index (χ1v) is 5.81. The minimum atomic E-state index is -0.585. The minimum absolute atomic E-state index is 0.489. The summed E-state index contributed by atoms with van der Waals surface area (Å²) in [5.74, 6) is 0. The number of nitrogens with two attached hydrogens (primary N) is 1. The third kappa shape index (κ3) is 2.99. The highest BCUT2D eigenvalue weighted by molar-refractivity contribution is 6.31. The molecular weight excluding hydrogens is 234 g/mol. The fraction of sp³-hybridized carbons (Fsp3) is 0.143. The number of aliphatic hydroxyl groups is 1. The van der Waals surface area contributed by atoms with E-state index in [1.165, 1.54) is 0 Å².